The van der Waals surface area contributed by atoms with Gasteiger partial charge in [0.2, 0.25) is 5.91 Å². The smallest absolute Gasteiger partial charge is 0.331 e. The summed E-state index contributed by atoms with van der Waals surface area (Å²) in [5.41, 5.74) is 0.936. The van der Waals surface area contributed by atoms with Crippen molar-refractivity contribution in [3.63, 3.8) is 0 Å². The van der Waals surface area contributed by atoms with Crippen molar-refractivity contribution in [3.05, 3.63) is 23.5 Å². The number of carboxylic acid groups (broad SMARTS) is 1. The van der Waals surface area contributed by atoms with Gasteiger partial charge < -0.3 is 20.3 Å². The van der Waals surface area contributed by atoms with E-state index in [1.165, 1.54) is 6.92 Å². The number of carboxylic acids is 1. The van der Waals surface area contributed by atoms with E-state index in [4.69, 9.17) is 9.84 Å². The molecule has 28 heavy (non-hydrogen) atoms. The number of aliphatic carboxylic acids is 1. The van der Waals surface area contributed by atoms with Crippen LogP contribution in [0.1, 0.15) is 57.7 Å². The molecule has 0 radical (unpaired) electrons. The molecule has 2 rings (SSSR count). The molecular formula is C19H30N4O5. The van der Waals surface area contributed by atoms with E-state index in [0.29, 0.717) is 25.1 Å². The Morgan fingerprint density at radius 2 is 2.14 bits per heavy atom. The molecule has 9 nitrogen and oxygen atoms in total. The van der Waals surface area contributed by atoms with E-state index in [-0.39, 0.29) is 24.5 Å². The lowest BCUT2D eigenvalue weighted by atomic mass is 9.88. The molecule has 0 bridgehead atoms. The minimum atomic E-state index is -1.01. The maximum Gasteiger partial charge on any atom is 0.331 e. The number of carbonyl (C=O) groups excluding carboxylic acids is 1. The molecule has 0 saturated heterocycles. The van der Waals surface area contributed by atoms with Gasteiger partial charge in [0.05, 0.1) is 23.9 Å². The molecule has 156 valence electrons. The fourth-order valence-corrected chi connectivity index (χ4v) is 3.34. The minimum absolute atomic E-state index is 0.0571. The van der Waals surface area contributed by atoms with Gasteiger partial charge in [-0.25, -0.2) is 9.48 Å². The van der Waals surface area contributed by atoms with Crippen LogP contribution < -0.4 is 5.32 Å². The predicted molar refractivity (Wildman–Crippen MR) is 102 cm³/mol. The van der Waals surface area contributed by atoms with Crippen LogP contribution in [0.4, 0.5) is 0 Å². The maximum absolute atomic E-state index is 11.8. The zero-order valence-corrected chi connectivity index (χ0v) is 16.5. The first-order valence-corrected chi connectivity index (χ1v) is 9.80. The first kappa shape index (κ1) is 22.0. The number of nitrogens with one attached hydrogen (secondary N) is 1. The Bertz CT molecular complexity index is 688. The van der Waals surface area contributed by atoms with Gasteiger partial charge in [-0.1, -0.05) is 25.0 Å². The second-order valence-corrected chi connectivity index (χ2v) is 7.05. The van der Waals surface area contributed by atoms with Crippen molar-refractivity contribution in [2.45, 2.75) is 70.6 Å². The van der Waals surface area contributed by atoms with Gasteiger partial charge in [0.15, 0.2) is 0 Å². The average molecular weight is 394 g/mol. The summed E-state index contributed by atoms with van der Waals surface area (Å²) in [4.78, 5) is 23.4. The normalized spacial score (nSPS) is 22.0. The SMILES string of the molecule is CCCCCOC1CC(C(=O)O)=CC(n2cc(CCCO)nn2)C1NC(C)=O. The summed E-state index contributed by atoms with van der Waals surface area (Å²) < 4.78 is 7.56. The van der Waals surface area contributed by atoms with Crippen LogP contribution in [0.3, 0.4) is 0 Å². The number of aromatic nitrogens is 3. The van der Waals surface area contributed by atoms with Crippen LogP contribution >= 0.6 is 0 Å². The Balaban J connectivity index is 2.27. The van der Waals surface area contributed by atoms with Crippen LogP contribution in [0.5, 0.6) is 0 Å². The fraction of sp³-hybridized carbons (Fsp3) is 0.684. The van der Waals surface area contributed by atoms with Crippen LogP contribution in [0.2, 0.25) is 0 Å². The Kier molecular flexibility index (Phi) is 8.59. The Morgan fingerprint density at radius 1 is 1.36 bits per heavy atom. The highest BCUT2D eigenvalue weighted by Crippen LogP contribution is 2.30. The van der Waals surface area contributed by atoms with Gasteiger partial charge in [0, 0.05) is 38.3 Å². The van der Waals surface area contributed by atoms with Crippen LogP contribution in [-0.2, 0) is 20.7 Å². The quantitative estimate of drug-likeness (QED) is 0.482. The van der Waals surface area contributed by atoms with E-state index in [0.717, 1.165) is 19.3 Å². The highest BCUT2D eigenvalue weighted by Gasteiger charge is 2.38. The molecule has 1 heterocycles. The molecule has 1 amide bonds. The number of nitrogens with zero attached hydrogens (tertiary/aromatic N) is 3. The van der Waals surface area contributed by atoms with Gasteiger partial charge in [-0.15, -0.1) is 5.10 Å². The first-order chi connectivity index (χ1) is 13.5. The summed E-state index contributed by atoms with van der Waals surface area (Å²) in [6.07, 6.45) is 7.19. The molecule has 0 aliphatic heterocycles. The second kappa shape index (κ2) is 10.9. The first-order valence-electron chi connectivity index (χ1n) is 9.80. The van der Waals surface area contributed by atoms with Crippen molar-refractivity contribution in [1.29, 1.82) is 0 Å². The van der Waals surface area contributed by atoms with Crippen molar-refractivity contribution in [1.82, 2.24) is 20.3 Å². The van der Waals surface area contributed by atoms with Crippen molar-refractivity contribution in [3.8, 4) is 0 Å². The third-order valence-electron chi connectivity index (χ3n) is 4.74. The lowest BCUT2D eigenvalue weighted by molar-refractivity contribution is -0.133. The molecular weight excluding hydrogens is 364 g/mol. The number of unbranched alkanes of at least 4 members (excludes halogenated alkanes) is 2. The monoisotopic (exact) mass is 394 g/mol. The van der Waals surface area contributed by atoms with Crippen molar-refractivity contribution in [2.24, 2.45) is 0 Å². The van der Waals surface area contributed by atoms with E-state index in [2.05, 4.69) is 22.6 Å². The van der Waals surface area contributed by atoms with E-state index in [1.54, 1.807) is 17.0 Å². The molecule has 9 heteroatoms. The topological polar surface area (TPSA) is 127 Å². The Hall–Kier alpha value is -2.26. The number of rotatable bonds is 11. The Morgan fingerprint density at radius 3 is 2.79 bits per heavy atom. The lowest BCUT2D eigenvalue weighted by Crippen LogP contribution is -2.51. The zero-order valence-electron chi connectivity index (χ0n) is 16.5. The number of ether oxygens (including phenoxy) is 1. The van der Waals surface area contributed by atoms with E-state index in [1.807, 2.05) is 0 Å². The highest BCUT2D eigenvalue weighted by molar-refractivity contribution is 5.87. The summed E-state index contributed by atoms with van der Waals surface area (Å²) in [5.74, 6) is -1.22. The van der Waals surface area contributed by atoms with Crippen LogP contribution in [0.25, 0.3) is 0 Å². The molecule has 3 atom stereocenters. The van der Waals surface area contributed by atoms with Crippen LogP contribution in [0.15, 0.2) is 17.8 Å². The number of aliphatic hydroxyl groups excluding tert-OH is 1. The molecule has 0 spiro atoms. The van der Waals surface area contributed by atoms with Crippen LogP contribution in [0, 0.1) is 0 Å². The molecule has 1 aliphatic rings. The van der Waals surface area contributed by atoms with Gasteiger partial charge in [0.25, 0.3) is 0 Å². The maximum atomic E-state index is 11.8. The van der Waals surface area contributed by atoms with Crippen LogP contribution in [-0.4, -0.2) is 62.4 Å². The molecule has 0 fully saturated rings. The highest BCUT2D eigenvalue weighted by atomic mass is 16.5. The fourth-order valence-electron chi connectivity index (χ4n) is 3.34. The number of aliphatic hydroxyl groups is 1. The number of hydrogen-bond donors (Lipinski definition) is 3. The molecule has 0 saturated carbocycles. The van der Waals surface area contributed by atoms with Gasteiger partial charge in [-0.3, -0.25) is 4.79 Å². The van der Waals surface area contributed by atoms with Gasteiger partial charge in [0.1, 0.15) is 0 Å². The number of aryl methyl sites for hydroxylation is 1. The largest absolute Gasteiger partial charge is 0.478 e. The van der Waals surface area contributed by atoms with Crippen molar-refractivity contribution in [2.75, 3.05) is 13.2 Å². The van der Waals surface area contributed by atoms with Gasteiger partial charge in [-0.2, -0.15) is 0 Å². The van der Waals surface area contributed by atoms with E-state index in [9.17, 15) is 14.7 Å². The second-order valence-electron chi connectivity index (χ2n) is 7.05. The summed E-state index contributed by atoms with van der Waals surface area (Å²) in [5, 5.41) is 29.6. The third kappa shape index (κ3) is 6.13. The van der Waals surface area contributed by atoms with Gasteiger partial charge >= 0.3 is 5.97 Å². The summed E-state index contributed by atoms with van der Waals surface area (Å²) >= 11 is 0. The molecule has 3 unspecified atom stereocenters. The lowest BCUT2D eigenvalue weighted by Gasteiger charge is -2.36. The predicted octanol–water partition coefficient (Wildman–Crippen LogP) is 1.24. The van der Waals surface area contributed by atoms with Crippen molar-refractivity contribution >= 4 is 11.9 Å². The van der Waals surface area contributed by atoms with Crippen molar-refractivity contribution < 1.29 is 24.5 Å². The van der Waals surface area contributed by atoms with Gasteiger partial charge in [-0.05, 0) is 25.3 Å². The minimum Gasteiger partial charge on any atom is -0.478 e. The zero-order chi connectivity index (χ0) is 20.5. The molecule has 1 aromatic heterocycles. The number of hydrogen-bond acceptors (Lipinski definition) is 6. The third-order valence-corrected chi connectivity index (χ3v) is 4.74. The summed E-state index contributed by atoms with van der Waals surface area (Å²) in [7, 11) is 0. The molecule has 1 aromatic rings. The standard InChI is InChI=1S/C19H30N4O5/c1-3-4-5-9-28-17-11-14(19(26)27)10-16(18(17)20-13(2)25)23-12-15(21-22-23)7-6-8-24/h10,12,16-18,24H,3-9,11H2,1-2H3,(H,20,25)(H,26,27). The summed E-state index contributed by atoms with van der Waals surface area (Å²) in [6, 6.07) is -0.968. The average Bonchev–Trinajstić information content (AvgIpc) is 3.12. The Labute approximate surface area is 164 Å². The molecule has 1 aliphatic carbocycles. The summed E-state index contributed by atoms with van der Waals surface area (Å²) in [6.45, 7) is 4.09. The number of carbonyl (C=O) groups is 2. The number of amides is 1. The molecule has 0 aromatic carbocycles. The van der Waals surface area contributed by atoms with E-state index < -0.39 is 24.2 Å². The van der Waals surface area contributed by atoms with E-state index >= 15 is 0 Å². The molecule has 3 N–H and O–H groups in total.